The zero-order valence-corrected chi connectivity index (χ0v) is 13.0. The highest BCUT2D eigenvalue weighted by molar-refractivity contribution is 5.75. The van der Waals surface area contributed by atoms with Gasteiger partial charge in [0.1, 0.15) is 11.5 Å². The van der Waals surface area contributed by atoms with Crippen molar-refractivity contribution in [2.75, 3.05) is 0 Å². The molecule has 1 N–H and O–H groups in total. The number of ketones is 1. The molecule has 0 heterocycles. The Morgan fingerprint density at radius 2 is 1.50 bits per heavy atom. The Morgan fingerprint density at radius 1 is 1.00 bits per heavy atom. The molecule has 2 rings (SSSR count). The molecule has 2 heteroatoms. The van der Waals surface area contributed by atoms with Gasteiger partial charge in [-0.3, -0.25) is 0 Å². The second-order valence-corrected chi connectivity index (χ2v) is 5.71. The summed E-state index contributed by atoms with van der Waals surface area (Å²) >= 11 is 0. The first-order chi connectivity index (χ1) is 10.5. The number of hydrogen-bond acceptors (Lipinski definition) is 2. The lowest BCUT2D eigenvalue weighted by Crippen LogP contribution is -2.04. The summed E-state index contributed by atoms with van der Waals surface area (Å²) in [4.78, 5) is 11.1. The van der Waals surface area contributed by atoms with E-state index in [9.17, 15) is 9.90 Å². The van der Waals surface area contributed by atoms with E-state index in [2.05, 4.69) is 30.9 Å². The highest BCUT2D eigenvalue weighted by Crippen LogP contribution is 2.13. The first-order valence-corrected chi connectivity index (χ1v) is 7.42. The molecule has 2 aromatic rings. The Bertz CT molecular complexity index is 685. The predicted molar refractivity (Wildman–Crippen MR) is 88.7 cm³/mol. The first kappa shape index (κ1) is 15.9. The first-order valence-electron chi connectivity index (χ1n) is 7.42. The lowest BCUT2D eigenvalue weighted by molar-refractivity contribution is -0.117. The maximum atomic E-state index is 11.1. The fraction of sp³-hybridized carbons (Fsp3) is 0.250. The molecule has 112 valence electrons. The molecule has 2 nitrogen and oxygen atoms in total. The lowest BCUT2D eigenvalue weighted by Gasteiger charge is -2.09. The number of Topliss-reactive ketones (excluding diaryl/α,β-unsaturated/α-hetero) is 1. The van der Waals surface area contributed by atoms with Gasteiger partial charge in [-0.25, -0.2) is 0 Å². The second kappa shape index (κ2) is 7.47. The van der Waals surface area contributed by atoms with Crippen LogP contribution >= 0.6 is 0 Å². The minimum atomic E-state index is 0.240. The molecule has 0 saturated carbocycles. The van der Waals surface area contributed by atoms with Crippen LogP contribution in [0.1, 0.15) is 37.0 Å². The molecule has 1 atom stereocenters. The van der Waals surface area contributed by atoms with Crippen LogP contribution in [0.25, 0.3) is 0 Å². The van der Waals surface area contributed by atoms with Crippen molar-refractivity contribution in [1.29, 1.82) is 0 Å². The Labute approximate surface area is 131 Å². The smallest absolute Gasteiger partial charge is 0.130 e. The number of aromatic hydroxyl groups is 1. The Kier molecular flexibility index (Phi) is 5.38. The monoisotopic (exact) mass is 292 g/mol. The predicted octanol–water partition coefficient (Wildman–Crippen LogP) is 3.95. The highest BCUT2D eigenvalue weighted by atomic mass is 16.3. The van der Waals surface area contributed by atoms with Gasteiger partial charge < -0.3 is 9.90 Å². The summed E-state index contributed by atoms with van der Waals surface area (Å²) < 4.78 is 0. The van der Waals surface area contributed by atoms with E-state index in [1.54, 1.807) is 31.2 Å². The highest BCUT2D eigenvalue weighted by Gasteiger charge is 2.06. The van der Waals surface area contributed by atoms with E-state index >= 15 is 0 Å². The number of hydrogen-bond donors (Lipinski definition) is 1. The molecule has 0 aromatic heterocycles. The van der Waals surface area contributed by atoms with E-state index in [0.717, 1.165) is 17.5 Å². The van der Waals surface area contributed by atoms with Crippen molar-refractivity contribution in [3.05, 3.63) is 65.2 Å². The van der Waals surface area contributed by atoms with Gasteiger partial charge >= 0.3 is 0 Å². The molecule has 0 radical (unpaired) electrons. The topological polar surface area (TPSA) is 37.3 Å². The molecule has 0 aliphatic heterocycles. The molecule has 0 amide bonds. The quantitative estimate of drug-likeness (QED) is 0.866. The number of carbonyl (C=O) groups excluding carboxylic acids is 1. The van der Waals surface area contributed by atoms with E-state index in [-0.39, 0.29) is 11.5 Å². The summed E-state index contributed by atoms with van der Waals surface area (Å²) in [5, 5.41) is 9.23. The van der Waals surface area contributed by atoms with Crippen molar-refractivity contribution in [3.63, 3.8) is 0 Å². The third-order valence-corrected chi connectivity index (χ3v) is 3.39. The van der Waals surface area contributed by atoms with E-state index in [1.165, 1.54) is 5.56 Å². The summed E-state index contributed by atoms with van der Waals surface area (Å²) in [7, 11) is 0. The van der Waals surface area contributed by atoms with Crippen molar-refractivity contribution >= 4 is 5.78 Å². The maximum Gasteiger partial charge on any atom is 0.130 e. The van der Waals surface area contributed by atoms with Crippen LogP contribution < -0.4 is 0 Å². The van der Waals surface area contributed by atoms with Crippen molar-refractivity contribution in [3.8, 4) is 17.6 Å². The van der Waals surface area contributed by atoms with Gasteiger partial charge in [-0.1, -0.05) is 30.9 Å². The SMILES string of the molecule is CC(=O)CC(C)Cc1ccc(C#Cc2ccc(O)cc2)cc1. The Hall–Kier alpha value is -2.53. The van der Waals surface area contributed by atoms with Gasteiger partial charge in [0.2, 0.25) is 0 Å². The number of carbonyl (C=O) groups is 1. The average molecular weight is 292 g/mol. The van der Waals surface area contributed by atoms with Gasteiger partial charge in [0, 0.05) is 17.5 Å². The van der Waals surface area contributed by atoms with Crippen molar-refractivity contribution in [1.82, 2.24) is 0 Å². The summed E-state index contributed by atoms with van der Waals surface area (Å²) in [6.07, 6.45) is 1.54. The molecule has 0 aliphatic carbocycles. The average Bonchev–Trinajstić information content (AvgIpc) is 2.47. The van der Waals surface area contributed by atoms with E-state index < -0.39 is 0 Å². The molecular formula is C20H20O2. The molecule has 0 fully saturated rings. The largest absolute Gasteiger partial charge is 0.508 e. The van der Waals surface area contributed by atoms with Gasteiger partial charge in [-0.05, 0) is 61.2 Å². The lowest BCUT2D eigenvalue weighted by atomic mass is 9.96. The summed E-state index contributed by atoms with van der Waals surface area (Å²) in [6.45, 7) is 3.73. The van der Waals surface area contributed by atoms with Gasteiger partial charge in [-0.2, -0.15) is 0 Å². The van der Waals surface area contributed by atoms with Gasteiger partial charge in [0.05, 0.1) is 0 Å². The van der Waals surface area contributed by atoms with Crippen LogP contribution in [0.15, 0.2) is 48.5 Å². The van der Waals surface area contributed by atoms with Gasteiger partial charge in [0.15, 0.2) is 0 Å². The van der Waals surface area contributed by atoms with Gasteiger partial charge in [-0.15, -0.1) is 0 Å². The molecular weight excluding hydrogens is 272 g/mol. The van der Waals surface area contributed by atoms with E-state index in [0.29, 0.717) is 12.3 Å². The minimum Gasteiger partial charge on any atom is -0.508 e. The molecule has 1 unspecified atom stereocenters. The van der Waals surface area contributed by atoms with Crippen molar-refractivity contribution < 1.29 is 9.90 Å². The second-order valence-electron chi connectivity index (χ2n) is 5.71. The fourth-order valence-electron chi connectivity index (χ4n) is 2.38. The zero-order chi connectivity index (χ0) is 15.9. The molecule has 0 aliphatic rings. The molecule has 22 heavy (non-hydrogen) atoms. The zero-order valence-electron chi connectivity index (χ0n) is 13.0. The number of phenolic OH excluding ortho intramolecular Hbond substituents is 1. The van der Waals surface area contributed by atoms with Crippen LogP contribution in [-0.4, -0.2) is 10.9 Å². The van der Waals surface area contributed by atoms with Gasteiger partial charge in [0.25, 0.3) is 0 Å². The third-order valence-electron chi connectivity index (χ3n) is 3.39. The normalized spacial score (nSPS) is 11.4. The van der Waals surface area contributed by atoms with Crippen LogP contribution in [0.3, 0.4) is 0 Å². The molecule has 0 saturated heterocycles. The number of phenols is 1. The standard InChI is InChI=1S/C20H20O2/c1-15(13-16(2)21)14-19-7-5-17(6-8-19)3-4-18-9-11-20(22)12-10-18/h5-12,15,22H,13-14H2,1-2H3. The van der Waals surface area contributed by atoms with Crippen molar-refractivity contribution in [2.24, 2.45) is 5.92 Å². The Balaban J connectivity index is 2.00. The fourth-order valence-corrected chi connectivity index (χ4v) is 2.38. The van der Waals surface area contributed by atoms with Crippen LogP contribution in [0.4, 0.5) is 0 Å². The molecule has 2 aromatic carbocycles. The minimum absolute atomic E-state index is 0.240. The number of rotatable bonds is 4. The van der Waals surface area contributed by atoms with Crippen LogP contribution in [0, 0.1) is 17.8 Å². The summed E-state index contributed by atoms with van der Waals surface area (Å²) in [5.74, 6) is 7.03. The van der Waals surface area contributed by atoms with Crippen molar-refractivity contribution in [2.45, 2.75) is 26.7 Å². The van der Waals surface area contributed by atoms with E-state index in [1.807, 2.05) is 12.1 Å². The van der Waals surface area contributed by atoms with Crippen LogP contribution in [0.5, 0.6) is 5.75 Å². The van der Waals surface area contributed by atoms with Crippen LogP contribution in [-0.2, 0) is 11.2 Å². The molecule has 0 bridgehead atoms. The maximum absolute atomic E-state index is 11.1. The summed E-state index contributed by atoms with van der Waals surface area (Å²) in [5.41, 5.74) is 3.05. The van der Waals surface area contributed by atoms with E-state index in [4.69, 9.17) is 0 Å². The van der Waals surface area contributed by atoms with Crippen LogP contribution in [0.2, 0.25) is 0 Å². The Morgan fingerprint density at radius 3 is 2.00 bits per heavy atom. The number of benzene rings is 2. The molecule has 0 spiro atoms. The summed E-state index contributed by atoms with van der Waals surface area (Å²) in [6, 6.07) is 15.0. The third kappa shape index (κ3) is 5.10.